The third-order valence-corrected chi connectivity index (χ3v) is 13.2. The number of fused-ring (bicyclic) bond motifs is 5. The van der Waals surface area contributed by atoms with E-state index in [9.17, 15) is 19.5 Å². The van der Waals surface area contributed by atoms with Crippen LogP contribution in [0.1, 0.15) is 224 Å². The normalized spacial score (nSPS) is 11.9. The van der Waals surface area contributed by atoms with Crippen LogP contribution in [0.3, 0.4) is 0 Å². The Bertz CT molecular complexity index is 3680. The van der Waals surface area contributed by atoms with Crippen molar-refractivity contribution in [2.75, 3.05) is 20.7 Å². The fourth-order valence-corrected chi connectivity index (χ4v) is 9.36. The number of Topliss-reactive ketones (excluding diaryl/α,β-unsaturated/α-hetero) is 1. The molecule has 0 radical (unpaired) electrons. The summed E-state index contributed by atoms with van der Waals surface area (Å²) in [7, 11) is 3.96. The summed E-state index contributed by atoms with van der Waals surface area (Å²) >= 11 is 0. The van der Waals surface area contributed by atoms with E-state index in [-0.39, 0.29) is 56.6 Å². The molecule has 1 aliphatic carbocycles. The number of esters is 1. The van der Waals surface area contributed by atoms with Crippen molar-refractivity contribution >= 4 is 44.5 Å². The summed E-state index contributed by atoms with van der Waals surface area (Å²) in [5.74, 6) is 5.80. The molecule has 0 saturated carbocycles. The minimum Gasteiger partial charge on any atom is -0.513 e. The Morgan fingerprint density at radius 3 is 1.62 bits per heavy atom. The number of ketones is 1. The number of phenolic OH excluding ortho intramolecular Hbond substituents is 1. The lowest BCUT2D eigenvalue weighted by molar-refractivity contribution is 0.0488. The largest absolute Gasteiger partial charge is 0.513 e. The number of para-hydroxylation sites is 1. The highest BCUT2D eigenvalue weighted by Crippen LogP contribution is 2.45. The fourth-order valence-electron chi connectivity index (χ4n) is 9.36. The molecule has 93 heavy (non-hydrogen) atoms. The van der Waals surface area contributed by atoms with Crippen molar-refractivity contribution in [1.29, 1.82) is 0 Å². The van der Waals surface area contributed by atoms with E-state index in [0.717, 1.165) is 76.7 Å². The number of hydrogen-bond acceptors (Lipinski definition) is 9. The molecule has 2 heterocycles. The van der Waals surface area contributed by atoms with Gasteiger partial charge in [-0.15, -0.1) is 31.3 Å². The van der Waals surface area contributed by atoms with Crippen molar-refractivity contribution < 1.29 is 38.5 Å². The van der Waals surface area contributed by atoms with E-state index in [1.165, 1.54) is 0 Å². The van der Waals surface area contributed by atoms with E-state index in [1.54, 1.807) is 24.3 Å². The fraction of sp³-hybridized carbons (Fsp3) is 0.494. The summed E-state index contributed by atoms with van der Waals surface area (Å²) in [6, 6.07) is 31.8. The molecule has 1 atom stereocenters. The van der Waals surface area contributed by atoms with Crippen LogP contribution in [0, 0.1) is 62.6 Å². The molecule has 0 spiro atoms. The van der Waals surface area contributed by atoms with E-state index in [0.29, 0.717) is 63.6 Å². The second-order valence-corrected chi connectivity index (χ2v) is 32.7. The van der Waals surface area contributed by atoms with Crippen LogP contribution in [0.4, 0.5) is 0 Å². The van der Waals surface area contributed by atoms with Crippen LogP contribution in [0.5, 0.6) is 5.75 Å². The number of terminal acetylenes is 2. The summed E-state index contributed by atoms with van der Waals surface area (Å²) < 4.78 is 19.4. The second kappa shape index (κ2) is 36.7. The molecule has 1 aromatic heterocycles. The maximum atomic E-state index is 13.4. The molecule has 1 unspecified atom stereocenters. The highest BCUT2D eigenvalue weighted by Gasteiger charge is 2.25. The number of aromatic hydroxyl groups is 1. The molecule has 0 saturated heterocycles. The van der Waals surface area contributed by atoms with Gasteiger partial charge in [0.2, 0.25) is 5.36 Å². The Balaban J connectivity index is 0.000000647. The van der Waals surface area contributed by atoms with Gasteiger partial charge in [-0.05, 0) is 118 Å². The minimum atomic E-state index is -0.553. The van der Waals surface area contributed by atoms with Crippen molar-refractivity contribution in [3.63, 3.8) is 0 Å². The number of carbonyl (C=O) groups excluding carboxylic acids is 2. The number of carbonyl (C=O) groups is 2. The van der Waals surface area contributed by atoms with E-state index in [2.05, 4.69) is 150 Å². The quantitative estimate of drug-likeness (QED) is 0.0116. The van der Waals surface area contributed by atoms with Gasteiger partial charge >= 0.3 is 11.6 Å². The molecule has 10 heteroatoms. The predicted molar refractivity (Wildman–Crippen MR) is 396 cm³/mol. The van der Waals surface area contributed by atoms with Crippen molar-refractivity contribution in [2.24, 2.45) is 37.9 Å². The van der Waals surface area contributed by atoms with Gasteiger partial charge in [-0.3, -0.25) is 4.79 Å². The smallest absolute Gasteiger partial charge is 0.347 e. The average molecular weight is 1270 g/mol. The molecule has 10 nitrogen and oxygen atoms in total. The summed E-state index contributed by atoms with van der Waals surface area (Å²) in [4.78, 5) is 37.2. The molecule has 0 amide bonds. The molecule has 4 aromatic carbocycles. The molecule has 1 aliphatic heterocycles. The number of aliphatic hydroxyl groups is 2. The number of hydrogen-bond donors (Lipinski definition) is 3. The first-order chi connectivity index (χ1) is 42.5. The minimum absolute atomic E-state index is 0.142. The van der Waals surface area contributed by atoms with Gasteiger partial charge < -0.3 is 28.9 Å². The topological polar surface area (TPSA) is 150 Å². The Labute approximate surface area is 561 Å². The third-order valence-electron chi connectivity index (χ3n) is 13.2. The monoisotopic (exact) mass is 1270 g/mol. The summed E-state index contributed by atoms with van der Waals surface area (Å²) in [5, 5.41) is 32.5. The lowest BCUT2D eigenvalue weighted by Gasteiger charge is -2.19. The van der Waals surface area contributed by atoms with Crippen LogP contribution in [-0.2, 0) is 4.74 Å². The number of nitrogens with zero attached hydrogens (tertiary/aromatic N) is 1. The van der Waals surface area contributed by atoms with Gasteiger partial charge in [0.15, 0.2) is 5.78 Å². The molecular formula is C83H118NO9+. The highest BCUT2D eigenvalue weighted by molar-refractivity contribution is 6.15. The van der Waals surface area contributed by atoms with E-state index in [1.807, 2.05) is 131 Å². The predicted octanol–water partition coefficient (Wildman–Crippen LogP) is 21.5. The zero-order chi connectivity index (χ0) is 71.7. The van der Waals surface area contributed by atoms with Crippen LogP contribution in [0.15, 0.2) is 142 Å². The van der Waals surface area contributed by atoms with Crippen LogP contribution in [0.25, 0.3) is 55.2 Å². The molecule has 7 rings (SSSR count). The van der Waals surface area contributed by atoms with Crippen molar-refractivity contribution in [3.8, 4) is 52.9 Å². The summed E-state index contributed by atoms with van der Waals surface area (Å²) in [5.41, 5.74) is 5.26. The summed E-state index contributed by atoms with van der Waals surface area (Å²) in [6.07, 6.45) is 18.5. The van der Waals surface area contributed by atoms with Gasteiger partial charge in [0.25, 0.3) is 0 Å². The lowest BCUT2D eigenvalue weighted by Crippen LogP contribution is -2.21. The first-order valence-electron chi connectivity index (χ1n) is 32.5. The SMILES string of the molecule is C#CCC(C)(C)C.C#CCC(C)(C)C.C=C(O)CC(C)(C)C.C=CCC(C)(C)C.CC(C)(C)CC(=O)c1cc2ccccc2oc1=O.CC(O)CC(C)(C)C.C[N+](C)=c1ccc2c(-c3ccccc3C(=O)OCCCC(C)(C)C)c3ccc4cccc(O)c4c3oc-2c1. The van der Waals surface area contributed by atoms with Gasteiger partial charge in [0.1, 0.15) is 42.3 Å². The first-order valence-corrected chi connectivity index (χ1v) is 32.5. The number of phenols is 1. The molecule has 2 aliphatic rings. The van der Waals surface area contributed by atoms with Crippen LogP contribution >= 0.6 is 0 Å². The second-order valence-electron chi connectivity index (χ2n) is 32.7. The van der Waals surface area contributed by atoms with Crippen LogP contribution < -0.4 is 15.6 Å². The molecule has 508 valence electrons. The Hall–Kier alpha value is -7.66. The molecule has 3 N–H and O–H groups in total. The van der Waals surface area contributed by atoms with Crippen molar-refractivity contribution in [3.05, 3.63) is 155 Å². The number of benzene rings is 5. The highest BCUT2D eigenvalue weighted by atomic mass is 16.5. The van der Waals surface area contributed by atoms with Gasteiger partial charge in [0.05, 0.1) is 35.5 Å². The van der Waals surface area contributed by atoms with Crippen molar-refractivity contribution in [1.82, 2.24) is 4.58 Å². The van der Waals surface area contributed by atoms with E-state index < -0.39 is 5.63 Å². The molecule has 5 aromatic rings. The zero-order valence-electron chi connectivity index (χ0n) is 61.6. The first kappa shape index (κ1) is 83.4. The Kier molecular flexibility index (Phi) is 32.9. The Morgan fingerprint density at radius 2 is 1.18 bits per heavy atom. The number of ether oxygens (including phenoxy) is 1. The van der Waals surface area contributed by atoms with Crippen molar-refractivity contribution in [2.45, 2.75) is 210 Å². The standard InChI is InChI=1S/C33H33NO4.C15H16O3.C7H16O.C7H14O.C7H14.2C7H12/c1-33(2,3)18-9-19-37-32(36)24-12-7-6-11-23(24)30-25-17-15-22(34(4)5)20-28(25)38-31-26(30)16-14-21-10-8-13-27(35)29(21)31;1-15(2,3)9-12(16)11-8-10-6-4-5-7-13(10)18-14(11)17;2*1-6(8)5-7(2,3)4;3*1-5-6-7(2,3)4/h6-8,10-17,20H,9,18-19H2,1-5H3;4-8H,9H2,1-3H3;6,8H,5H2,1-4H3;8H,1,5H2,2-4H3;5H,1,6H2,2-4H3;2*1H,6H2,2-4H3/p+1. The lowest BCUT2D eigenvalue weighted by atomic mass is 9.88. The van der Waals surface area contributed by atoms with Gasteiger partial charge in [-0.1, -0.05) is 213 Å². The van der Waals surface area contributed by atoms with Gasteiger partial charge in [-0.25, -0.2) is 14.2 Å². The maximum absolute atomic E-state index is 13.4. The zero-order valence-corrected chi connectivity index (χ0v) is 61.6. The molecule has 0 bridgehead atoms. The third kappa shape index (κ3) is 34.2. The summed E-state index contributed by atoms with van der Waals surface area (Å²) in [6.45, 7) is 53.7. The van der Waals surface area contributed by atoms with Gasteiger partial charge in [0, 0.05) is 53.6 Å². The molecular weight excluding hydrogens is 1150 g/mol. The van der Waals surface area contributed by atoms with E-state index >= 15 is 0 Å². The van der Waals surface area contributed by atoms with Crippen LogP contribution in [0.2, 0.25) is 0 Å². The molecule has 0 fully saturated rings. The Morgan fingerprint density at radius 1 is 0.634 bits per heavy atom. The number of aliphatic hydroxyl groups excluding tert-OH is 2. The average Bonchev–Trinajstić information content (AvgIpc) is 0.736. The van der Waals surface area contributed by atoms with E-state index in [4.69, 9.17) is 36.6 Å². The van der Waals surface area contributed by atoms with Gasteiger partial charge in [-0.2, -0.15) is 0 Å². The van der Waals surface area contributed by atoms with Crippen LogP contribution in [-0.4, -0.2) is 53.9 Å². The maximum Gasteiger partial charge on any atom is 0.347 e. The number of allylic oxidation sites excluding steroid dienone is 2. The number of rotatable bonds is 10.